The lowest BCUT2D eigenvalue weighted by Crippen LogP contribution is -2.02. The number of imidazole rings is 2. The van der Waals surface area contributed by atoms with Crippen molar-refractivity contribution in [3.63, 3.8) is 0 Å². The predicted molar refractivity (Wildman–Crippen MR) is 89.9 cm³/mol. The highest BCUT2D eigenvalue weighted by molar-refractivity contribution is 5.80. The summed E-state index contributed by atoms with van der Waals surface area (Å²) in [5.74, 6) is 1.94. The molecule has 0 aliphatic rings. The molecule has 0 bridgehead atoms. The lowest BCUT2D eigenvalue weighted by Gasteiger charge is -2.07. The van der Waals surface area contributed by atoms with Crippen LogP contribution in [0.15, 0.2) is 61.2 Å². The van der Waals surface area contributed by atoms with E-state index in [1.807, 2.05) is 42.9 Å². The van der Waals surface area contributed by atoms with Gasteiger partial charge < -0.3 is 9.55 Å². The first-order valence-corrected chi connectivity index (χ1v) is 7.76. The molecule has 5 heteroatoms. The van der Waals surface area contributed by atoms with Crippen LogP contribution in [0.5, 0.6) is 0 Å². The fourth-order valence-electron chi connectivity index (χ4n) is 2.76. The van der Waals surface area contributed by atoms with E-state index in [-0.39, 0.29) is 0 Å². The normalized spacial score (nSPS) is 11.1. The number of H-pyrrole nitrogens is 1. The Morgan fingerprint density at radius 2 is 1.96 bits per heavy atom. The second-order valence-electron chi connectivity index (χ2n) is 5.47. The topological polar surface area (TPSA) is 59.4 Å². The molecule has 0 atom stereocenters. The Morgan fingerprint density at radius 1 is 1.00 bits per heavy atom. The number of para-hydroxylation sites is 1. The van der Waals surface area contributed by atoms with E-state index in [2.05, 4.69) is 31.7 Å². The van der Waals surface area contributed by atoms with Crippen LogP contribution in [-0.2, 0) is 13.0 Å². The molecule has 0 aliphatic carbocycles. The quantitative estimate of drug-likeness (QED) is 0.614. The highest BCUT2D eigenvalue weighted by Crippen LogP contribution is 2.20. The van der Waals surface area contributed by atoms with E-state index in [0.29, 0.717) is 0 Å². The number of hydrogen-bond donors (Lipinski definition) is 1. The molecule has 0 unspecified atom stereocenters. The van der Waals surface area contributed by atoms with E-state index < -0.39 is 0 Å². The van der Waals surface area contributed by atoms with Gasteiger partial charge >= 0.3 is 0 Å². The highest BCUT2D eigenvalue weighted by atomic mass is 15.1. The maximum Gasteiger partial charge on any atom is 0.158 e. The Balaban J connectivity index is 1.55. The molecule has 114 valence electrons. The summed E-state index contributed by atoms with van der Waals surface area (Å²) < 4.78 is 2.15. The number of aromatic nitrogens is 5. The maximum absolute atomic E-state index is 4.73. The summed E-state index contributed by atoms with van der Waals surface area (Å²) in [4.78, 5) is 16.6. The molecular formula is C18H17N5. The number of fused-ring (bicyclic) bond motifs is 1. The summed E-state index contributed by atoms with van der Waals surface area (Å²) in [6.45, 7) is 0.893. The van der Waals surface area contributed by atoms with Gasteiger partial charge in [0.2, 0.25) is 0 Å². The van der Waals surface area contributed by atoms with Crippen molar-refractivity contribution in [3.05, 3.63) is 67.0 Å². The van der Waals surface area contributed by atoms with E-state index in [9.17, 15) is 0 Å². The van der Waals surface area contributed by atoms with E-state index >= 15 is 0 Å². The molecule has 5 nitrogen and oxygen atoms in total. The highest BCUT2D eigenvalue weighted by Gasteiger charge is 2.08. The molecule has 1 aromatic carbocycles. The standard InChI is InChI=1S/C18H17N5/c1-2-5-15-14(4-1)7-8-16(22-15)18-21-11-13-23(18)12-3-6-17-19-9-10-20-17/h1-2,4-5,7-11,13H,3,6,12H2,(H,19,20). The van der Waals surface area contributed by atoms with Crippen molar-refractivity contribution in [2.24, 2.45) is 0 Å². The zero-order valence-electron chi connectivity index (χ0n) is 12.7. The molecule has 1 N–H and O–H groups in total. The first-order chi connectivity index (χ1) is 11.4. The molecule has 0 saturated carbocycles. The van der Waals surface area contributed by atoms with Gasteiger partial charge in [0.15, 0.2) is 5.82 Å². The lowest BCUT2D eigenvalue weighted by atomic mass is 10.2. The summed E-state index contributed by atoms with van der Waals surface area (Å²) >= 11 is 0. The van der Waals surface area contributed by atoms with Crippen LogP contribution in [0.1, 0.15) is 12.2 Å². The van der Waals surface area contributed by atoms with Crippen LogP contribution in [0.25, 0.3) is 22.4 Å². The Labute approximate surface area is 134 Å². The van der Waals surface area contributed by atoms with E-state index in [1.165, 1.54) is 0 Å². The van der Waals surface area contributed by atoms with Crippen LogP contribution in [-0.4, -0.2) is 24.5 Å². The first kappa shape index (κ1) is 13.7. The number of aromatic amines is 1. The summed E-state index contributed by atoms with van der Waals surface area (Å²) in [6.07, 6.45) is 9.42. The fourth-order valence-corrected chi connectivity index (χ4v) is 2.76. The molecule has 0 aliphatic heterocycles. The second kappa shape index (κ2) is 6.04. The molecule has 0 fully saturated rings. The molecule has 4 rings (SSSR count). The summed E-state index contributed by atoms with van der Waals surface area (Å²) in [7, 11) is 0. The number of nitrogens with zero attached hydrogens (tertiary/aromatic N) is 4. The van der Waals surface area contributed by atoms with E-state index in [1.54, 1.807) is 6.20 Å². The van der Waals surface area contributed by atoms with Crippen molar-refractivity contribution in [2.75, 3.05) is 0 Å². The monoisotopic (exact) mass is 303 g/mol. The Hall–Kier alpha value is -2.95. The van der Waals surface area contributed by atoms with Gasteiger partial charge in [-0.05, 0) is 18.6 Å². The molecular weight excluding hydrogens is 286 g/mol. The molecule has 4 aromatic rings. The SMILES string of the molecule is c1ccc2nc(-c3nccn3CCCc3ncc[nH]3)ccc2c1. The molecule has 3 heterocycles. The zero-order valence-corrected chi connectivity index (χ0v) is 12.7. The third kappa shape index (κ3) is 2.85. The smallest absolute Gasteiger partial charge is 0.158 e. The summed E-state index contributed by atoms with van der Waals surface area (Å²) in [5.41, 5.74) is 1.90. The minimum atomic E-state index is 0.893. The average Bonchev–Trinajstić information content (AvgIpc) is 3.26. The second-order valence-corrected chi connectivity index (χ2v) is 5.47. The molecule has 23 heavy (non-hydrogen) atoms. The minimum Gasteiger partial charge on any atom is -0.349 e. The number of hydrogen-bond acceptors (Lipinski definition) is 3. The van der Waals surface area contributed by atoms with Gasteiger partial charge in [-0.2, -0.15) is 0 Å². The van der Waals surface area contributed by atoms with E-state index in [4.69, 9.17) is 4.98 Å². The first-order valence-electron chi connectivity index (χ1n) is 7.76. The van der Waals surface area contributed by atoms with Crippen molar-refractivity contribution < 1.29 is 0 Å². The van der Waals surface area contributed by atoms with Crippen LogP contribution in [0.3, 0.4) is 0 Å². The number of pyridine rings is 1. The number of nitrogens with one attached hydrogen (secondary N) is 1. The number of aryl methyl sites for hydroxylation is 2. The van der Waals surface area contributed by atoms with Crippen LogP contribution in [0, 0.1) is 0 Å². The number of benzene rings is 1. The van der Waals surface area contributed by atoms with Crippen molar-refractivity contribution in [1.29, 1.82) is 0 Å². The Kier molecular flexibility index (Phi) is 3.60. The van der Waals surface area contributed by atoms with Crippen molar-refractivity contribution >= 4 is 10.9 Å². The average molecular weight is 303 g/mol. The Morgan fingerprint density at radius 3 is 2.87 bits per heavy atom. The van der Waals surface area contributed by atoms with Gasteiger partial charge in [-0.3, -0.25) is 0 Å². The van der Waals surface area contributed by atoms with Crippen LogP contribution >= 0.6 is 0 Å². The van der Waals surface area contributed by atoms with Crippen molar-refractivity contribution in [2.45, 2.75) is 19.4 Å². The largest absolute Gasteiger partial charge is 0.349 e. The maximum atomic E-state index is 4.73. The lowest BCUT2D eigenvalue weighted by molar-refractivity contribution is 0.635. The summed E-state index contributed by atoms with van der Waals surface area (Å²) in [5, 5.41) is 1.15. The third-order valence-corrected chi connectivity index (χ3v) is 3.91. The fraction of sp³-hybridized carbons (Fsp3) is 0.167. The van der Waals surface area contributed by atoms with Gasteiger partial charge in [-0.1, -0.05) is 24.3 Å². The van der Waals surface area contributed by atoms with Crippen LogP contribution in [0.2, 0.25) is 0 Å². The van der Waals surface area contributed by atoms with Gasteiger partial charge in [0.05, 0.1) is 5.52 Å². The molecule has 3 aromatic heterocycles. The van der Waals surface area contributed by atoms with Crippen LogP contribution < -0.4 is 0 Å². The molecule has 0 amide bonds. The molecule has 0 radical (unpaired) electrons. The van der Waals surface area contributed by atoms with Crippen LogP contribution in [0.4, 0.5) is 0 Å². The van der Waals surface area contributed by atoms with Gasteiger partial charge in [-0.15, -0.1) is 0 Å². The minimum absolute atomic E-state index is 0.893. The van der Waals surface area contributed by atoms with Gasteiger partial charge in [0.1, 0.15) is 11.5 Å². The van der Waals surface area contributed by atoms with Gasteiger partial charge in [-0.25, -0.2) is 15.0 Å². The van der Waals surface area contributed by atoms with Crippen molar-refractivity contribution in [3.8, 4) is 11.5 Å². The van der Waals surface area contributed by atoms with Gasteiger partial charge in [0, 0.05) is 43.1 Å². The van der Waals surface area contributed by atoms with Gasteiger partial charge in [0.25, 0.3) is 0 Å². The predicted octanol–water partition coefficient (Wildman–Crippen LogP) is 3.45. The third-order valence-electron chi connectivity index (χ3n) is 3.91. The molecule has 0 saturated heterocycles. The van der Waals surface area contributed by atoms with Crippen molar-refractivity contribution in [1.82, 2.24) is 24.5 Å². The zero-order chi connectivity index (χ0) is 15.5. The number of rotatable bonds is 5. The molecule has 0 spiro atoms. The summed E-state index contributed by atoms with van der Waals surface area (Å²) in [6, 6.07) is 12.3. The Bertz CT molecular complexity index is 908. The van der Waals surface area contributed by atoms with E-state index in [0.717, 1.165) is 47.6 Å².